The molecule has 1 heteroatoms. The van der Waals surface area contributed by atoms with E-state index < -0.39 is 0 Å². The van der Waals surface area contributed by atoms with Crippen LogP contribution < -0.4 is 5.32 Å². The lowest BCUT2D eigenvalue weighted by atomic mass is 9.93. The van der Waals surface area contributed by atoms with Gasteiger partial charge in [0, 0.05) is 18.5 Å². The summed E-state index contributed by atoms with van der Waals surface area (Å²) in [6, 6.07) is 10.9. The summed E-state index contributed by atoms with van der Waals surface area (Å²) in [6.07, 6.45) is 1.41. The largest absolute Gasteiger partial charge is 0.315 e. The van der Waals surface area contributed by atoms with Gasteiger partial charge in [0.25, 0.3) is 0 Å². The van der Waals surface area contributed by atoms with Gasteiger partial charge in [0.05, 0.1) is 0 Å². The average Bonchev–Trinajstić information content (AvgIpc) is 2.80. The van der Waals surface area contributed by atoms with E-state index in [-0.39, 0.29) is 0 Å². The van der Waals surface area contributed by atoms with Crippen LogP contribution in [0.3, 0.4) is 0 Å². The van der Waals surface area contributed by atoms with E-state index in [1.165, 1.54) is 19.5 Å². The van der Waals surface area contributed by atoms with Gasteiger partial charge in [0.1, 0.15) is 0 Å². The van der Waals surface area contributed by atoms with Gasteiger partial charge in [-0.25, -0.2) is 0 Å². The van der Waals surface area contributed by atoms with Gasteiger partial charge in [0.15, 0.2) is 0 Å². The predicted octanol–water partition coefficient (Wildman–Crippen LogP) is 1.76. The van der Waals surface area contributed by atoms with Crippen LogP contribution in [0, 0.1) is 5.41 Å². The number of benzene rings is 1. The molecule has 1 unspecified atom stereocenters. The molecule has 1 aliphatic heterocycles. The van der Waals surface area contributed by atoms with Crippen molar-refractivity contribution in [2.45, 2.75) is 12.3 Å². The zero-order chi connectivity index (χ0) is 8.02. The number of nitrogens with one attached hydrogen (secondary N) is 1. The Morgan fingerprint density at radius 2 is 1.92 bits per heavy atom. The van der Waals surface area contributed by atoms with Crippen molar-refractivity contribution in [1.29, 1.82) is 0 Å². The quantitative estimate of drug-likeness (QED) is 0.658. The molecule has 0 amide bonds. The Kier molecular flexibility index (Phi) is 1.17. The molecule has 2 aliphatic rings. The second-order valence-corrected chi connectivity index (χ2v) is 4.13. The van der Waals surface area contributed by atoms with Crippen LogP contribution in [0.2, 0.25) is 0 Å². The molecule has 3 rings (SSSR count). The van der Waals surface area contributed by atoms with Gasteiger partial charge in [-0.15, -0.1) is 0 Å². The molecule has 2 fully saturated rings. The minimum atomic E-state index is 0.682. The minimum absolute atomic E-state index is 0.682. The molecule has 1 saturated heterocycles. The van der Waals surface area contributed by atoms with Crippen molar-refractivity contribution in [1.82, 2.24) is 5.32 Å². The Hall–Kier alpha value is -0.820. The van der Waals surface area contributed by atoms with Gasteiger partial charge in [-0.3, -0.25) is 0 Å². The molecule has 1 aliphatic carbocycles. The van der Waals surface area contributed by atoms with Gasteiger partial charge >= 0.3 is 0 Å². The molecular formula is C11H13N. The molecule has 1 spiro atoms. The van der Waals surface area contributed by atoms with Gasteiger partial charge < -0.3 is 5.32 Å². The number of rotatable bonds is 1. The van der Waals surface area contributed by atoms with E-state index in [9.17, 15) is 0 Å². The van der Waals surface area contributed by atoms with E-state index in [0.29, 0.717) is 5.41 Å². The third kappa shape index (κ3) is 0.774. The SMILES string of the molecule is c1ccc(C2CC23CNC3)cc1. The lowest BCUT2D eigenvalue weighted by Crippen LogP contribution is -2.44. The third-order valence-corrected chi connectivity index (χ3v) is 3.35. The van der Waals surface area contributed by atoms with E-state index in [1.807, 2.05) is 0 Å². The van der Waals surface area contributed by atoms with Crippen molar-refractivity contribution in [3.8, 4) is 0 Å². The van der Waals surface area contributed by atoms with Gasteiger partial charge in [-0.2, -0.15) is 0 Å². The zero-order valence-corrected chi connectivity index (χ0v) is 7.09. The first kappa shape index (κ1) is 6.67. The van der Waals surface area contributed by atoms with Crippen molar-refractivity contribution >= 4 is 0 Å². The fourth-order valence-corrected chi connectivity index (χ4v) is 2.34. The Bertz CT molecular complexity index is 287. The van der Waals surface area contributed by atoms with Gasteiger partial charge in [-0.05, 0) is 17.9 Å². The summed E-state index contributed by atoms with van der Waals surface area (Å²) in [4.78, 5) is 0. The van der Waals surface area contributed by atoms with E-state index in [0.717, 1.165) is 5.92 Å². The maximum absolute atomic E-state index is 3.36. The van der Waals surface area contributed by atoms with Crippen molar-refractivity contribution in [3.05, 3.63) is 35.9 Å². The highest BCUT2D eigenvalue weighted by Crippen LogP contribution is 2.61. The van der Waals surface area contributed by atoms with Gasteiger partial charge in [-0.1, -0.05) is 30.3 Å². The van der Waals surface area contributed by atoms with Crippen LogP contribution in [0.4, 0.5) is 0 Å². The average molecular weight is 159 g/mol. The molecule has 12 heavy (non-hydrogen) atoms. The summed E-state index contributed by atoms with van der Waals surface area (Å²) >= 11 is 0. The fourth-order valence-electron chi connectivity index (χ4n) is 2.34. The molecule has 1 saturated carbocycles. The summed E-state index contributed by atoms with van der Waals surface area (Å²) < 4.78 is 0. The van der Waals surface area contributed by atoms with E-state index in [1.54, 1.807) is 5.56 Å². The van der Waals surface area contributed by atoms with Crippen LogP contribution in [-0.2, 0) is 0 Å². The summed E-state index contributed by atoms with van der Waals surface area (Å²) in [5.41, 5.74) is 2.22. The predicted molar refractivity (Wildman–Crippen MR) is 49.1 cm³/mol. The molecule has 0 bridgehead atoms. The molecule has 1 N–H and O–H groups in total. The Balaban J connectivity index is 1.85. The Morgan fingerprint density at radius 3 is 2.42 bits per heavy atom. The van der Waals surface area contributed by atoms with Gasteiger partial charge in [0.2, 0.25) is 0 Å². The van der Waals surface area contributed by atoms with Crippen LogP contribution in [0.1, 0.15) is 17.9 Å². The first-order valence-corrected chi connectivity index (χ1v) is 4.66. The second kappa shape index (κ2) is 2.11. The van der Waals surface area contributed by atoms with E-state index >= 15 is 0 Å². The number of hydrogen-bond donors (Lipinski definition) is 1. The van der Waals surface area contributed by atoms with Crippen molar-refractivity contribution in [3.63, 3.8) is 0 Å². The van der Waals surface area contributed by atoms with Crippen molar-refractivity contribution < 1.29 is 0 Å². The molecular weight excluding hydrogens is 146 g/mol. The van der Waals surface area contributed by atoms with Crippen LogP contribution in [0.5, 0.6) is 0 Å². The first-order valence-electron chi connectivity index (χ1n) is 4.66. The first-order chi connectivity index (χ1) is 5.91. The lowest BCUT2D eigenvalue weighted by molar-refractivity contribution is 0.312. The van der Waals surface area contributed by atoms with Crippen LogP contribution in [-0.4, -0.2) is 13.1 Å². The second-order valence-electron chi connectivity index (χ2n) is 4.13. The molecule has 0 radical (unpaired) electrons. The van der Waals surface area contributed by atoms with E-state index in [2.05, 4.69) is 35.6 Å². The highest BCUT2D eigenvalue weighted by Gasteiger charge is 2.58. The number of hydrogen-bond acceptors (Lipinski definition) is 1. The minimum Gasteiger partial charge on any atom is -0.315 e. The molecule has 1 atom stereocenters. The van der Waals surface area contributed by atoms with Crippen molar-refractivity contribution in [2.24, 2.45) is 5.41 Å². The molecule has 1 heterocycles. The molecule has 1 nitrogen and oxygen atoms in total. The van der Waals surface area contributed by atoms with Crippen LogP contribution in [0.25, 0.3) is 0 Å². The summed E-state index contributed by atoms with van der Waals surface area (Å²) in [5.74, 6) is 0.861. The highest BCUT2D eigenvalue weighted by atomic mass is 15.0. The van der Waals surface area contributed by atoms with Crippen molar-refractivity contribution in [2.75, 3.05) is 13.1 Å². The molecule has 1 aromatic rings. The monoisotopic (exact) mass is 159 g/mol. The zero-order valence-electron chi connectivity index (χ0n) is 7.09. The topological polar surface area (TPSA) is 12.0 Å². The fraction of sp³-hybridized carbons (Fsp3) is 0.455. The van der Waals surface area contributed by atoms with Crippen LogP contribution >= 0.6 is 0 Å². The smallest absolute Gasteiger partial charge is 0.00273 e. The lowest BCUT2D eigenvalue weighted by Gasteiger charge is -2.28. The highest BCUT2D eigenvalue weighted by molar-refractivity contribution is 5.32. The Labute approximate surface area is 72.8 Å². The molecule has 1 aromatic carbocycles. The Morgan fingerprint density at radius 1 is 1.17 bits per heavy atom. The summed E-state index contributed by atoms with van der Waals surface area (Å²) in [5, 5.41) is 3.36. The summed E-state index contributed by atoms with van der Waals surface area (Å²) in [6.45, 7) is 2.49. The molecule has 0 aromatic heterocycles. The molecule has 62 valence electrons. The maximum atomic E-state index is 3.36. The van der Waals surface area contributed by atoms with E-state index in [4.69, 9.17) is 0 Å². The standard InChI is InChI=1S/C11H13N/c1-2-4-9(5-3-1)10-6-11(10)7-12-8-11/h1-5,10,12H,6-8H2. The summed E-state index contributed by atoms with van der Waals surface area (Å²) in [7, 11) is 0. The normalized spacial score (nSPS) is 29.8. The van der Waals surface area contributed by atoms with Crippen LogP contribution in [0.15, 0.2) is 30.3 Å². The maximum Gasteiger partial charge on any atom is 0.00273 e. The third-order valence-electron chi connectivity index (χ3n) is 3.35.